The predicted octanol–water partition coefficient (Wildman–Crippen LogP) is 2.38. The average Bonchev–Trinajstić information content (AvgIpc) is 2.14. The Balaban J connectivity index is 3.04. The first kappa shape index (κ1) is 11.6. The number of nitrogens with two attached hydrogens (primary N) is 1. The summed E-state index contributed by atoms with van der Waals surface area (Å²) in [5.41, 5.74) is 4.62. The summed E-state index contributed by atoms with van der Waals surface area (Å²) in [5.74, 6) is -0.408. The number of hydrogen-bond acceptors (Lipinski definition) is 2. The molecule has 3 N–H and O–H groups in total. The monoisotopic (exact) mass is 217 g/mol. The molecule has 1 rings (SSSR count). The van der Waals surface area contributed by atoms with Gasteiger partial charge in [-0.1, -0.05) is 18.2 Å². The first-order valence-electron chi connectivity index (χ1n) is 4.22. The second kappa shape index (κ2) is 4.35. The molecule has 0 amide bonds. The van der Waals surface area contributed by atoms with E-state index in [0.717, 1.165) is 6.07 Å². The SMILES string of the molecule is NC/C=C/c1ccc(C(F)(F)F)cc1O. The van der Waals surface area contributed by atoms with Crippen LogP contribution in [0.2, 0.25) is 0 Å². The highest BCUT2D eigenvalue weighted by atomic mass is 19.4. The number of rotatable bonds is 2. The van der Waals surface area contributed by atoms with Crippen LogP contribution in [0.3, 0.4) is 0 Å². The van der Waals surface area contributed by atoms with Crippen molar-refractivity contribution in [3.05, 3.63) is 35.4 Å². The minimum absolute atomic E-state index is 0.264. The van der Waals surface area contributed by atoms with Crippen LogP contribution in [-0.2, 0) is 6.18 Å². The van der Waals surface area contributed by atoms with Crippen molar-refractivity contribution in [1.82, 2.24) is 0 Å². The van der Waals surface area contributed by atoms with E-state index in [-0.39, 0.29) is 6.54 Å². The molecule has 0 bridgehead atoms. The quantitative estimate of drug-likeness (QED) is 0.798. The van der Waals surface area contributed by atoms with Gasteiger partial charge in [0.15, 0.2) is 0 Å². The van der Waals surface area contributed by atoms with Crippen molar-refractivity contribution in [2.45, 2.75) is 6.18 Å². The van der Waals surface area contributed by atoms with Crippen molar-refractivity contribution in [2.24, 2.45) is 5.73 Å². The van der Waals surface area contributed by atoms with Gasteiger partial charge in [0.25, 0.3) is 0 Å². The summed E-state index contributed by atoms with van der Waals surface area (Å²) in [5, 5.41) is 9.29. The molecule has 0 radical (unpaired) electrons. The number of hydrogen-bond donors (Lipinski definition) is 2. The number of halogens is 3. The molecule has 0 unspecified atom stereocenters. The van der Waals surface area contributed by atoms with Crippen LogP contribution in [0.4, 0.5) is 13.2 Å². The molecule has 1 aromatic carbocycles. The first-order valence-corrected chi connectivity index (χ1v) is 4.22. The maximum Gasteiger partial charge on any atom is 0.416 e. The molecule has 0 saturated heterocycles. The average molecular weight is 217 g/mol. The van der Waals surface area contributed by atoms with Crippen molar-refractivity contribution in [2.75, 3.05) is 6.54 Å². The second-order valence-corrected chi connectivity index (χ2v) is 2.91. The molecule has 0 fully saturated rings. The van der Waals surface area contributed by atoms with E-state index >= 15 is 0 Å². The Bertz CT molecular complexity index is 371. The van der Waals surface area contributed by atoms with Crippen molar-refractivity contribution in [3.63, 3.8) is 0 Å². The highest BCUT2D eigenvalue weighted by Crippen LogP contribution is 2.32. The predicted molar refractivity (Wildman–Crippen MR) is 51.2 cm³/mol. The standard InChI is InChI=1S/C10H10F3NO/c11-10(12,13)8-4-3-7(2-1-5-14)9(15)6-8/h1-4,6,15H,5,14H2/b2-1+. The molecule has 0 aliphatic heterocycles. The fraction of sp³-hybridized carbons (Fsp3) is 0.200. The van der Waals surface area contributed by atoms with E-state index in [0.29, 0.717) is 11.6 Å². The van der Waals surface area contributed by atoms with E-state index in [1.807, 2.05) is 0 Å². The summed E-state index contributed by atoms with van der Waals surface area (Å²) in [6.45, 7) is 0.264. The van der Waals surface area contributed by atoms with Gasteiger partial charge in [-0.2, -0.15) is 13.2 Å². The van der Waals surface area contributed by atoms with Crippen LogP contribution in [0.15, 0.2) is 24.3 Å². The molecule has 0 aromatic heterocycles. The molecule has 0 spiro atoms. The number of phenolic OH excluding ortho intramolecular Hbond substituents is 1. The molecule has 0 heterocycles. The maximum atomic E-state index is 12.2. The molecular weight excluding hydrogens is 207 g/mol. The van der Waals surface area contributed by atoms with E-state index in [1.165, 1.54) is 12.1 Å². The van der Waals surface area contributed by atoms with Crippen LogP contribution in [0.25, 0.3) is 6.08 Å². The zero-order valence-corrected chi connectivity index (χ0v) is 7.75. The molecule has 0 atom stereocenters. The summed E-state index contributed by atoms with van der Waals surface area (Å²) >= 11 is 0. The molecule has 82 valence electrons. The minimum atomic E-state index is -4.44. The topological polar surface area (TPSA) is 46.2 Å². The van der Waals surface area contributed by atoms with Gasteiger partial charge in [0, 0.05) is 12.1 Å². The minimum Gasteiger partial charge on any atom is -0.507 e. The molecule has 0 aliphatic rings. The Morgan fingerprint density at radius 2 is 2.00 bits per heavy atom. The summed E-state index contributed by atoms with van der Waals surface area (Å²) in [4.78, 5) is 0. The van der Waals surface area contributed by atoms with Crippen LogP contribution in [0.5, 0.6) is 5.75 Å². The van der Waals surface area contributed by atoms with Gasteiger partial charge in [-0.05, 0) is 12.1 Å². The molecule has 1 aromatic rings. The van der Waals surface area contributed by atoms with Crippen molar-refractivity contribution in [3.8, 4) is 5.75 Å². The molecule has 0 saturated carbocycles. The maximum absolute atomic E-state index is 12.2. The fourth-order valence-electron chi connectivity index (χ4n) is 1.06. The van der Waals surface area contributed by atoms with Crippen LogP contribution in [0, 0.1) is 0 Å². The number of benzene rings is 1. The Morgan fingerprint density at radius 3 is 2.47 bits per heavy atom. The third-order valence-corrected chi connectivity index (χ3v) is 1.79. The summed E-state index contributed by atoms with van der Waals surface area (Å²) < 4.78 is 36.6. The van der Waals surface area contributed by atoms with E-state index in [2.05, 4.69) is 0 Å². The van der Waals surface area contributed by atoms with Crippen LogP contribution in [0.1, 0.15) is 11.1 Å². The van der Waals surface area contributed by atoms with E-state index in [1.54, 1.807) is 6.08 Å². The molecule has 2 nitrogen and oxygen atoms in total. The Kier molecular flexibility index (Phi) is 3.36. The zero-order valence-electron chi connectivity index (χ0n) is 7.75. The molecular formula is C10H10F3NO. The molecule has 0 aliphatic carbocycles. The summed E-state index contributed by atoms with van der Waals surface area (Å²) in [6, 6.07) is 2.80. The van der Waals surface area contributed by atoms with Gasteiger partial charge < -0.3 is 10.8 Å². The Hall–Kier alpha value is -1.49. The second-order valence-electron chi connectivity index (χ2n) is 2.91. The lowest BCUT2D eigenvalue weighted by Crippen LogP contribution is -2.04. The van der Waals surface area contributed by atoms with Gasteiger partial charge in [-0.25, -0.2) is 0 Å². The molecule has 5 heteroatoms. The number of aromatic hydroxyl groups is 1. The summed E-state index contributed by atoms with van der Waals surface area (Å²) in [6.07, 6.45) is -1.43. The smallest absolute Gasteiger partial charge is 0.416 e. The van der Waals surface area contributed by atoms with Crippen LogP contribution >= 0.6 is 0 Å². The first-order chi connectivity index (χ1) is 6.95. The van der Waals surface area contributed by atoms with Crippen molar-refractivity contribution < 1.29 is 18.3 Å². The third kappa shape index (κ3) is 2.99. The molecule has 15 heavy (non-hydrogen) atoms. The van der Waals surface area contributed by atoms with Gasteiger partial charge in [0.1, 0.15) is 5.75 Å². The number of alkyl halides is 3. The normalized spacial score (nSPS) is 12.3. The Labute approximate surface area is 84.8 Å². The number of phenols is 1. The third-order valence-electron chi connectivity index (χ3n) is 1.79. The van der Waals surface area contributed by atoms with Gasteiger partial charge in [-0.3, -0.25) is 0 Å². The fourth-order valence-corrected chi connectivity index (χ4v) is 1.06. The van der Waals surface area contributed by atoms with Gasteiger partial charge >= 0.3 is 6.18 Å². The van der Waals surface area contributed by atoms with E-state index in [4.69, 9.17) is 5.73 Å². The Morgan fingerprint density at radius 1 is 1.33 bits per heavy atom. The van der Waals surface area contributed by atoms with E-state index in [9.17, 15) is 18.3 Å². The lowest BCUT2D eigenvalue weighted by Gasteiger charge is -2.07. The van der Waals surface area contributed by atoms with Gasteiger partial charge in [-0.15, -0.1) is 0 Å². The lowest BCUT2D eigenvalue weighted by atomic mass is 10.1. The van der Waals surface area contributed by atoms with Gasteiger partial charge in [0.05, 0.1) is 5.56 Å². The zero-order chi connectivity index (χ0) is 11.5. The van der Waals surface area contributed by atoms with Crippen molar-refractivity contribution >= 4 is 6.08 Å². The van der Waals surface area contributed by atoms with Crippen LogP contribution < -0.4 is 5.73 Å². The largest absolute Gasteiger partial charge is 0.507 e. The van der Waals surface area contributed by atoms with Gasteiger partial charge in [0.2, 0.25) is 0 Å². The highest BCUT2D eigenvalue weighted by molar-refractivity contribution is 5.57. The van der Waals surface area contributed by atoms with Crippen molar-refractivity contribution in [1.29, 1.82) is 0 Å². The van der Waals surface area contributed by atoms with E-state index < -0.39 is 17.5 Å². The lowest BCUT2D eigenvalue weighted by molar-refractivity contribution is -0.137. The van der Waals surface area contributed by atoms with Crippen LogP contribution in [-0.4, -0.2) is 11.7 Å². The highest BCUT2D eigenvalue weighted by Gasteiger charge is 2.30. The summed E-state index contributed by atoms with van der Waals surface area (Å²) in [7, 11) is 0.